The van der Waals surface area contributed by atoms with E-state index in [0.717, 1.165) is 86.3 Å². The van der Waals surface area contributed by atoms with Gasteiger partial charge in [0.1, 0.15) is 30.3 Å². The highest BCUT2D eigenvalue weighted by molar-refractivity contribution is 5.87. The number of rotatable bonds is 4. The number of morpholine rings is 1. The molecule has 2 aromatic rings. The second-order valence-corrected chi connectivity index (χ2v) is 10.2. The molecule has 4 aliphatic rings. The number of piperidine rings is 1. The minimum Gasteiger partial charge on any atom is -0.486 e. The van der Waals surface area contributed by atoms with Crippen LogP contribution in [0.2, 0.25) is 0 Å². The van der Waals surface area contributed by atoms with E-state index >= 15 is 0 Å². The minimum absolute atomic E-state index is 0.0500. The summed E-state index contributed by atoms with van der Waals surface area (Å²) in [5.74, 6) is 3.18. The molecular formula is C27H34N6O3. The molecule has 9 nitrogen and oxygen atoms in total. The molecule has 1 aromatic carbocycles. The molecule has 1 amide bonds. The van der Waals surface area contributed by atoms with Gasteiger partial charge in [0.15, 0.2) is 0 Å². The van der Waals surface area contributed by atoms with Crippen molar-refractivity contribution in [2.75, 3.05) is 62.7 Å². The molecule has 3 fully saturated rings. The number of carbonyl (C=O) groups excluding carboxylic acids is 1. The average molecular weight is 491 g/mol. The van der Waals surface area contributed by atoms with Crippen LogP contribution in [0.5, 0.6) is 5.75 Å². The van der Waals surface area contributed by atoms with Gasteiger partial charge in [-0.25, -0.2) is 9.97 Å². The summed E-state index contributed by atoms with van der Waals surface area (Å²) in [5, 5.41) is 3.57. The van der Waals surface area contributed by atoms with Gasteiger partial charge in [-0.05, 0) is 43.0 Å². The lowest BCUT2D eigenvalue weighted by atomic mass is 9.87. The Morgan fingerprint density at radius 2 is 1.92 bits per heavy atom. The maximum Gasteiger partial charge on any atom is 0.245 e. The van der Waals surface area contributed by atoms with Crippen molar-refractivity contribution in [1.82, 2.24) is 19.8 Å². The Kier molecular flexibility index (Phi) is 6.27. The molecule has 0 bridgehead atoms. The first-order valence-electron chi connectivity index (χ1n) is 13.0. The van der Waals surface area contributed by atoms with Gasteiger partial charge in [-0.3, -0.25) is 9.69 Å². The SMILES string of the molecule is C=CC(=O)N1CCC(N2CC(c3cc(C)c4c(c3)Nc3ncnc(N5CCOCC5)c3CO4)C2)CC1. The summed E-state index contributed by atoms with van der Waals surface area (Å²) in [6.45, 7) is 13.0. The van der Waals surface area contributed by atoms with Crippen LogP contribution in [0.4, 0.5) is 17.3 Å². The maximum absolute atomic E-state index is 11.9. The van der Waals surface area contributed by atoms with Gasteiger partial charge in [0.05, 0.1) is 24.5 Å². The van der Waals surface area contributed by atoms with E-state index in [1.54, 1.807) is 6.33 Å². The van der Waals surface area contributed by atoms with Crippen LogP contribution in [-0.4, -0.2) is 84.2 Å². The monoisotopic (exact) mass is 490 g/mol. The van der Waals surface area contributed by atoms with Crippen LogP contribution in [0.25, 0.3) is 0 Å². The molecule has 3 saturated heterocycles. The van der Waals surface area contributed by atoms with Crippen LogP contribution in [0.3, 0.4) is 0 Å². The number of likely N-dealkylation sites (tertiary alicyclic amines) is 2. The van der Waals surface area contributed by atoms with Gasteiger partial charge in [-0.2, -0.15) is 0 Å². The summed E-state index contributed by atoms with van der Waals surface area (Å²) in [6, 6.07) is 5.07. The molecule has 1 N–H and O–H groups in total. The highest BCUT2D eigenvalue weighted by Crippen LogP contribution is 2.42. The predicted octanol–water partition coefficient (Wildman–Crippen LogP) is 2.83. The van der Waals surface area contributed by atoms with Crippen LogP contribution < -0.4 is 15.0 Å². The van der Waals surface area contributed by atoms with E-state index < -0.39 is 0 Å². The number of hydrogen-bond donors (Lipinski definition) is 1. The first-order valence-corrected chi connectivity index (χ1v) is 13.0. The van der Waals surface area contributed by atoms with Crippen molar-refractivity contribution in [1.29, 1.82) is 0 Å². The summed E-state index contributed by atoms with van der Waals surface area (Å²) < 4.78 is 11.8. The molecule has 190 valence electrons. The Morgan fingerprint density at radius 1 is 1.14 bits per heavy atom. The van der Waals surface area contributed by atoms with Crippen LogP contribution in [-0.2, 0) is 16.1 Å². The molecule has 0 spiro atoms. The Labute approximate surface area is 212 Å². The number of hydrogen-bond acceptors (Lipinski definition) is 8. The zero-order valence-corrected chi connectivity index (χ0v) is 20.9. The van der Waals surface area contributed by atoms with Gasteiger partial charge in [0, 0.05) is 51.2 Å². The van der Waals surface area contributed by atoms with Crippen molar-refractivity contribution in [3.05, 3.63) is 47.8 Å². The fraction of sp³-hybridized carbons (Fsp3) is 0.519. The Morgan fingerprint density at radius 3 is 2.67 bits per heavy atom. The third kappa shape index (κ3) is 4.30. The van der Waals surface area contributed by atoms with E-state index in [1.165, 1.54) is 11.6 Å². The quantitative estimate of drug-likeness (QED) is 0.656. The molecule has 4 aliphatic heterocycles. The molecule has 5 heterocycles. The Hall–Kier alpha value is -3.17. The van der Waals surface area contributed by atoms with Gasteiger partial charge in [0.2, 0.25) is 5.91 Å². The lowest BCUT2D eigenvalue weighted by Gasteiger charge is -2.47. The number of nitrogens with one attached hydrogen (secondary N) is 1. The minimum atomic E-state index is 0.0500. The lowest BCUT2D eigenvalue weighted by Crippen LogP contribution is -2.54. The van der Waals surface area contributed by atoms with Crippen molar-refractivity contribution in [2.24, 2.45) is 0 Å². The highest BCUT2D eigenvalue weighted by atomic mass is 16.5. The Bertz CT molecular complexity index is 1150. The van der Waals surface area contributed by atoms with Crippen LogP contribution >= 0.6 is 0 Å². The van der Waals surface area contributed by atoms with E-state index in [4.69, 9.17) is 9.47 Å². The van der Waals surface area contributed by atoms with Gasteiger partial charge in [-0.1, -0.05) is 12.6 Å². The molecule has 0 unspecified atom stereocenters. The number of anilines is 3. The van der Waals surface area contributed by atoms with E-state index in [1.807, 2.05) is 4.90 Å². The van der Waals surface area contributed by atoms with Gasteiger partial charge >= 0.3 is 0 Å². The van der Waals surface area contributed by atoms with Crippen molar-refractivity contribution >= 4 is 23.2 Å². The number of amides is 1. The van der Waals surface area contributed by atoms with Gasteiger partial charge in [0.25, 0.3) is 0 Å². The summed E-state index contributed by atoms with van der Waals surface area (Å²) in [6.07, 6.45) is 5.13. The third-order valence-electron chi connectivity index (χ3n) is 7.99. The molecule has 1 aromatic heterocycles. The normalized spacial score (nSPS) is 20.9. The molecule has 0 saturated carbocycles. The summed E-state index contributed by atoms with van der Waals surface area (Å²) in [4.78, 5) is 27.8. The number of nitrogens with zero attached hydrogens (tertiary/aromatic N) is 5. The number of ether oxygens (including phenoxy) is 2. The predicted molar refractivity (Wildman–Crippen MR) is 138 cm³/mol. The standard InChI is InChI=1S/C27H34N6O3/c1-3-24(34)31-6-4-21(5-7-31)33-14-20(15-33)19-12-18(2)25-23(13-19)30-26-22(16-36-25)27(29-17-28-26)32-8-10-35-11-9-32/h3,12-13,17,20-21H,1,4-11,14-16H2,2H3,(H,28,29,30). The molecule has 6 rings (SSSR count). The van der Waals surface area contributed by atoms with E-state index in [9.17, 15) is 4.79 Å². The zero-order chi connectivity index (χ0) is 24.6. The molecule has 0 atom stereocenters. The van der Waals surface area contributed by atoms with E-state index in [0.29, 0.717) is 31.8 Å². The fourth-order valence-corrected chi connectivity index (χ4v) is 5.89. The van der Waals surface area contributed by atoms with Crippen LogP contribution in [0.15, 0.2) is 31.1 Å². The largest absolute Gasteiger partial charge is 0.486 e. The van der Waals surface area contributed by atoms with Crippen LogP contribution in [0, 0.1) is 6.92 Å². The third-order valence-corrected chi connectivity index (χ3v) is 7.99. The Balaban J connectivity index is 1.15. The topological polar surface area (TPSA) is 83.1 Å². The smallest absolute Gasteiger partial charge is 0.245 e. The number of aromatic nitrogens is 2. The first-order chi connectivity index (χ1) is 17.6. The zero-order valence-electron chi connectivity index (χ0n) is 20.9. The second-order valence-electron chi connectivity index (χ2n) is 10.2. The molecule has 0 radical (unpaired) electrons. The lowest BCUT2D eigenvalue weighted by molar-refractivity contribution is -0.127. The first kappa shape index (κ1) is 23.2. The summed E-state index contributed by atoms with van der Waals surface area (Å²) in [7, 11) is 0. The highest BCUT2D eigenvalue weighted by Gasteiger charge is 2.36. The maximum atomic E-state index is 11.9. The number of carbonyl (C=O) groups is 1. The van der Waals surface area contributed by atoms with Gasteiger partial charge in [-0.15, -0.1) is 0 Å². The van der Waals surface area contributed by atoms with E-state index in [-0.39, 0.29) is 5.91 Å². The van der Waals surface area contributed by atoms with Crippen molar-refractivity contribution in [2.45, 2.75) is 38.3 Å². The van der Waals surface area contributed by atoms with Crippen molar-refractivity contribution in [3.8, 4) is 5.75 Å². The second kappa shape index (κ2) is 9.71. The fourth-order valence-electron chi connectivity index (χ4n) is 5.89. The van der Waals surface area contributed by atoms with Crippen LogP contribution in [0.1, 0.15) is 35.4 Å². The summed E-state index contributed by atoms with van der Waals surface area (Å²) >= 11 is 0. The van der Waals surface area contributed by atoms with E-state index in [2.05, 4.69) is 50.7 Å². The molecule has 0 aliphatic carbocycles. The molecule has 9 heteroatoms. The average Bonchev–Trinajstić information content (AvgIpc) is 3.08. The number of fused-ring (bicyclic) bond motifs is 2. The van der Waals surface area contributed by atoms with Crippen molar-refractivity contribution < 1.29 is 14.3 Å². The van der Waals surface area contributed by atoms with Gasteiger partial charge < -0.3 is 24.6 Å². The number of benzene rings is 1. The number of aryl methyl sites for hydroxylation is 1. The van der Waals surface area contributed by atoms with Crippen molar-refractivity contribution in [3.63, 3.8) is 0 Å². The molecule has 36 heavy (non-hydrogen) atoms. The summed E-state index contributed by atoms with van der Waals surface area (Å²) in [5.41, 5.74) is 4.44. The molecular weight excluding hydrogens is 456 g/mol.